The second kappa shape index (κ2) is 8.13. The van der Waals surface area contributed by atoms with Crippen molar-refractivity contribution in [3.8, 4) is 0 Å². The van der Waals surface area contributed by atoms with Crippen LogP contribution in [0.2, 0.25) is 0 Å². The lowest BCUT2D eigenvalue weighted by Gasteiger charge is -2.06. The minimum atomic E-state index is 0.731. The van der Waals surface area contributed by atoms with E-state index in [9.17, 15) is 0 Å². The third-order valence-electron chi connectivity index (χ3n) is 3.22. The Bertz CT molecular complexity index is 749. The van der Waals surface area contributed by atoms with Crippen LogP contribution in [0.25, 0.3) is 0 Å². The molecule has 0 saturated heterocycles. The molecule has 0 bridgehead atoms. The number of thioether (sulfide) groups is 2. The summed E-state index contributed by atoms with van der Waals surface area (Å²) in [6.07, 6.45) is 0. The molecule has 0 aliphatic carbocycles. The summed E-state index contributed by atoms with van der Waals surface area (Å²) in [7, 11) is 0. The molecule has 2 aromatic carbocycles. The summed E-state index contributed by atoms with van der Waals surface area (Å²) in [5.74, 6) is 1.75. The molecule has 23 heavy (non-hydrogen) atoms. The van der Waals surface area contributed by atoms with E-state index in [0.29, 0.717) is 0 Å². The Morgan fingerprint density at radius 3 is 1.91 bits per heavy atom. The molecule has 0 N–H and O–H groups in total. The Labute approximate surface area is 145 Å². The molecule has 0 aliphatic heterocycles. The van der Waals surface area contributed by atoms with Crippen LogP contribution in [0.15, 0.2) is 70.8 Å². The predicted molar refractivity (Wildman–Crippen MR) is 96.6 cm³/mol. The third-order valence-corrected chi connectivity index (χ3v) is 5.27. The monoisotopic (exact) mass is 339 g/mol. The van der Waals surface area contributed by atoms with Gasteiger partial charge in [-0.25, -0.2) is 4.98 Å². The lowest BCUT2D eigenvalue weighted by molar-refractivity contribution is 0.754. The fourth-order valence-corrected chi connectivity index (χ4v) is 3.69. The van der Waals surface area contributed by atoms with E-state index in [0.717, 1.165) is 27.4 Å². The summed E-state index contributed by atoms with van der Waals surface area (Å²) in [6, 6.07) is 20.7. The fraction of sp³-hybridized carbons (Fsp3) is 0.167. The highest BCUT2D eigenvalue weighted by atomic mass is 32.2. The lowest BCUT2D eigenvalue weighted by Crippen LogP contribution is -1.98. The zero-order chi connectivity index (χ0) is 15.9. The minimum Gasteiger partial charge on any atom is -0.213 e. The highest BCUT2D eigenvalue weighted by Gasteiger charge is 2.07. The van der Waals surface area contributed by atoms with Crippen molar-refractivity contribution < 1.29 is 0 Å². The topological polar surface area (TPSA) is 38.7 Å². The smallest absolute Gasteiger partial charge is 0.210 e. The van der Waals surface area contributed by atoms with E-state index in [1.54, 1.807) is 23.5 Å². The SMILES string of the molecule is Cc1nnc(SCc2ccccc2)nc1SCc1ccccc1. The standard InChI is InChI=1S/C18H17N3S2/c1-14-17(22-12-15-8-4-2-5-9-15)19-18(21-20-14)23-13-16-10-6-3-7-11-16/h2-11H,12-13H2,1H3. The van der Waals surface area contributed by atoms with Crippen LogP contribution in [0.5, 0.6) is 0 Å². The Hall–Kier alpha value is -1.85. The largest absolute Gasteiger partial charge is 0.213 e. The first-order valence-corrected chi connectivity index (χ1v) is 9.33. The predicted octanol–water partition coefficient (Wildman–Crippen LogP) is 4.76. The Morgan fingerprint density at radius 2 is 1.30 bits per heavy atom. The van der Waals surface area contributed by atoms with Gasteiger partial charge in [-0.3, -0.25) is 0 Å². The van der Waals surface area contributed by atoms with Crippen LogP contribution in [0, 0.1) is 6.92 Å². The molecule has 5 heteroatoms. The van der Waals surface area contributed by atoms with Crippen molar-refractivity contribution >= 4 is 23.5 Å². The fourth-order valence-electron chi connectivity index (χ4n) is 2.00. The molecule has 0 unspecified atom stereocenters. The molecule has 0 saturated carbocycles. The number of benzene rings is 2. The number of aryl methyl sites for hydroxylation is 1. The van der Waals surface area contributed by atoms with Crippen LogP contribution in [-0.2, 0) is 11.5 Å². The molecule has 0 atom stereocenters. The van der Waals surface area contributed by atoms with Crippen LogP contribution in [0.3, 0.4) is 0 Å². The first kappa shape index (κ1) is 16.0. The molecule has 0 radical (unpaired) electrons. The molecule has 0 fully saturated rings. The van der Waals surface area contributed by atoms with E-state index >= 15 is 0 Å². The highest BCUT2D eigenvalue weighted by molar-refractivity contribution is 7.99. The molecule has 0 aliphatic rings. The minimum absolute atomic E-state index is 0.731. The summed E-state index contributed by atoms with van der Waals surface area (Å²) < 4.78 is 0. The summed E-state index contributed by atoms with van der Waals surface area (Å²) >= 11 is 3.33. The summed E-state index contributed by atoms with van der Waals surface area (Å²) in [5.41, 5.74) is 3.43. The molecule has 3 nitrogen and oxygen atoms in total. The van der Waals surface area contributed by atoms with E-state index in [2.05, 4.69) is 51.6 Å². The second-order valence-corrected chi connectivity index (χ2v) is 6.94. The average Bonchev–Trinajstić information content (AvgIpc) is 2.62. The van der Waals surface area contributed by atoms with Gasteiger partial charge in [-0.15, -0.1) is 5.10 Å². The van der Waals surface area contributed by atoms with Gasteiger partial charge in [-0.05, 0) is 18.1 Å². The van der Waals surface area contributed by atoms with Crippen LogP contribution in [0.4, 0.5) is 0 Å². The van der Waals surface area contributed by atoms with Crippen molar-refractivity contribution in [2.45, 2.75) is 28.6 Å². The van der Waals surface area contributed by atoms with Crippen molar-refractivity contribution in [3.05, 3.63) is 77.5 Å². The molecule has 3 aromatic rings. The molecule has 0 amide bonds. The third kappa shape index (κ3) is 4.81. The van der Waals surface area contributed by atoms with Crippen molar-refractivity contribution in [1.29, 1.82) is 0 Å². The van der Waals surface area contributed by atoms with Crippen molar-refractivity contribution in [3.63, 3.8) is 0 Å². The van der Waals surface area contributed by atoms with E-state index in [1.165, 1.54) is 11.1 Å². The van der Waals surface area contributed by atoms with Gasteiger partial charge in [0.25, 0.3) is 0 Å². The van der Waals surface area contributed by atoms with Gasteiger partial charge < -0.3 is 0 Å². The summed E-state index contributed by atoms with van der Waals surface area (Å²) in [6.45, 7) is 1.96. The zero-order valence-electron chi connectivity index (χ0n) is 12.8. The molecular weight excluding hydrogens is 322 g/mol. The van der Waals surface area contributed by atoms with E-state index in [1.807, 2.05) is 31.2 Å². The summed E-state index contributed by atoms with van der Waals surface area (Å²) in [5, 5.41) is 10.1. The van der Waals surface area contributed by atoms with Gasteiger partial charge in [0, 0.05) is 11.5 Å². The normalized spacial score (nSPS) is 10.7. The second-order valence-electron chi connectivity index (χ2n) is 5.03. The van der Waals surface area contributed by atoms with Gasteiger partial charge in [0.05, 0.1) is 5.69 Å². The molecule has 1 heterocycles. The maximum Gasteiger partial charge on any atom is 0.210 e. The van der Waals surface area contributed by atoms with E-state index < -0.39 is 0 Å². The Kier molecular flexibility index (Phi) is 5.66. The number of rotatable bonds is 6. The molecular formula is C18H17N3S2. The molecule has 3 rings (SSSR count). The average molecular weight is 339 g/mol. The van der Waals surface area contributed by atoms with Gasteiger partial charge in [-0.1, -0.05) is 84.2 Å². The number of aromatic nitrogens is 3. The summed E-state index contributed by atoms with van der Waals surface area (Å²) in [4.78, 5) is 4.65. The Morgan fingerprint density at radius 1 is 0.739 bits per heavy atom. The quantitative estimate of drug-likeness (QED) is 0.605. The first-order valence-electron chi connectivity index (χ1n) is 7.36. The van der Waals surface area contributed by atoms with Gasteiger partial charge in [0.1, 0.15) is 5.03 Å². The van der Waals surface area contributed by atoms with Crippen molar-refractivity contribution in [2.75, 3.05) is 0 Å². The van der Waals surface area contributed by atoms with Crippen molar-refractivity contribution in [1.82, 2.24) is 15.2 Å². The zero-order valence-corrected chi connectivity index (χ0v) is 14.5. The first-order chi connectivity index (χ1) is 11.3. The Balaban J connectivity index is 1.64. The molecule has 0 spiro atoms. The number of nitrogens with zero attached hydrogens (tertiary/aromatic N) is 3. The lowest BCUT2D eigenvalue weighted by atomic mass is 10.2. The van der Waals surface area contributed by atoms with Crippen LogP contribution in [-0.4, -0.2) is 15.2 Å². The number of hydrogen-bond donors (Lipinski definition) is 0. The van der Waals surface area contributed by atoms with Crippen LogP contribution >= 0.6 is 23.5 Å². The maximum atomic E-state index is 4.65. The highest BCUT2D eigenvalue weighted by Crippen LogP contribution is 2.26. The molecule has 116 valence electrons. The maximum absolute atomic E-state index is 4.65. The van der Waals surface area contributed by atoms with Crippen LogP contribution in [0.1, 0.15) is 16.8 Å². The van der Waals surface area contributed by atoms with Crippen LogP contribution < -0.4 is 0 Å². The van der Waals surface area contributed by atoms with E-state index in [4.69, 9.17) is 0 Å². The van der Waals surface area contributed by atoms with Gasteiger partial charge >= 0.3 is 0 Å². The van der Waals surface area contributed by atoms with Gasteiger partial charge in [0.2, 0.25) is 5.16 Å². The van der Waals surface area contributed by atoms with E-state index in [-0.39, 0.29) is 0 Å². The van der Waals surface area contributed by atoms with Gasteiger partial charge in [-0.2, -0.15) is 5.10 Å². The molecule has 1 aromatic heterocycles. The van der Waals surface area contributed by atoms with Crippen molar-refractivity contribution in [2.24, 2.45) is 0 Å². The van der Waals surface area contributed by atoms with Gasteiger partial charge in [0.15, 0.2) is 0 Å². The number of hydrogen-bond acceptors (Lipinski definition) is 5.